The van der Waals surface area contributed by atoms with Crippen molar-refractivity contribution in [2.45, 2.75) is 32.0 Å². The fourth-order valence-corrected chi connectivity index (χ4v) is 3.34. The van der Waals surface area contributed by atoms with Gasteiger partial charge >= 0.3 is 0 Å². The first kappa shape index (κ1) is 19.7. The van der Waals surface area contributed by atoms with Gasteiger partial charge in [0.1, 0.15) is 6.10 Å². The lowest BCUT2D eigenvalue weighted by atomic mass is 10.1. The maximum Gasteiger partial charge on any atom is 0.213 e. The fraction of sp³-hybridized carbons (Fsp3) is 0.368. The minimum Gasteiger partial charge on any atom is -0.472 e. The van der Waals surface area contributed by atoms with Crippen LogP contribution < -0.4 is 15.8 Å². The summed E-state index contributed by atoms with van der Waals surface area (Å²) in [7, 11) is 0. The Morgan fingerprint density at radius 2 is 2.26 bits per heavy atom. The molecule has 8 heteroatoms. The number of aliphatic imine (C=N–C) groups is 1. The molecular formula is C19H22Cl2N4O2. The molecule has 0 saturated carbocycles. The summed E-state index contributed by atoms with van der Waals surface area (Å²) in [5, 5.41) is 4.32. The highest BCUT2D eigenvalue weighted by Gasteiger charge is 2.17. The fourth-order valence-electron chi connectivity index (χ4n) is 2.76. The SMILES string of the molecule is CC(NC(N)=NCc1ccnc(OC2CCOC2)c1)c1ccc(Cl)cc1Cl. The number of rotatable bonds is 6. The van der Waals surface area contributed by atoms with Gasteiger partial charge in [-0.25, -0.2) is 9.98 Å². The number of hydrogen-bond donors (Lipinski definition) is 2. The number of ether oxygens (including phenoxy) is 2. The van der Waals surface area contributed by atoms with Crippen LogP contribution in [0.4, 0.5) is 0 Å². The van der Waals surface area contributed by atoms with E-state index in [9.17, 15) is 0 Å². The molecule has 0 radical (unpaired) electrons. The zero-order valence-corrected chi connectivity index (χ0v) is 16.5. The number of guanidine groups is 1. The van der Waals surface area contributed by atoms with E-state index in [-0.39, 0.29) is 12.1 Å². The van der Waals surface area contributed by atoms with E-state index >= 15 is 0 Å². The number of benzene rings is 1. The van der Waals surface area contributed by atoms with Gasteiger partial charge in [-0.2, -0.15) is 0 Å². The predicted molar refractivity (Wildman–Crippen MR) is 107 cm³/mol. The van der Waals surface area contributed by atoms with Crippen LogP contribution in [0.15, 0.2) is 41.5 Å². The average Bonchev–Trinajstić information content (AvgIpc) is 3.13. The van der Waals surface area contributed by atoms with Crippen LogP contribution >= 0.6 is 23.2 Å². The molecular weight excluding hydrogens is 387 g/mol. The summed E-state index contributed by atoms with van der Waals surface area (Å²) in [6.07, 6.45) is 2.65. The maximum atomic E-state index is 6.23. The molecule has 6 nitrogen and oxygen atoms in total. The Hall–Kier alpha value is -2.02. The Morgan fingerprint density at radius 3 is 3.00 bits per heavy atom. The van der Waals surface area contributed by atoms with E-state index in [1.54, 1.807) is 18.3 Å². The van der Waals surface area contributed by atoms with Crippen LogP contribution in [0.3, 0.4) is 0 Å². The van der Waals surface area contributed by atoms with Gasteiger partial charge in [-0.1, -0.05) is 29.3 Å². The van der Waals surface area contributed by atoms with Crippen molar-refractivity contribution >= 4 is 29.2 Å². The highest BCUT2D eigenvalue weighted by Crippen LogP contribution is 2.26. The molecule has 2 unspecified atom stereocenters. The van der Waals surface area contributed by atoms with Crippen LogP contribution in [0.1, 0.15) is 30.5 Å². The minimum absolute atomic E-state index is 0.0629. The summed E-state index contributed by atoms with van der Waals surface area (Å²) in [4.78, 5) is 8.62. The van der Waals surface area contributed by atoms with Crippen LogP contribution in [0.2, 0.25) is 10.0 Å². The molecule has 1 aliphatic rings. The molecule has 1 aromatic heterocycles. The van der Waals surface area contributed by atoms with E-state index in [1.807, 2.05) is 25.1 Å². The Labute approximate surface area is 168 Å². The zero-order valence-electron chi connectivity index (χ0n) is 15.0. The summed E-state index contributed by atoms with van der Waals surface area (Å²) >= 11 is 12.2. The van der Waals surface area contributed by atoms with Crippen LogP contribution in [0.25, 0.3) is 0 Å². The summed E-state index contributed by atoms with van der Waals surface area (Å²) in [5.41, 5.74) is 7.88. The Morgan fingerprint density at radius 1 is 1.41 bits per heavy atom. The molecule has 0 aliphatic carbocycles. The summed E-state index contributed by atoms with van der Waals surface area (Å²) in [6, 6.07) is 9.02. The number of nitrogens with two attached hydrogens (primary N) is 1. The third-order valence-electron chi connectivity index (χ3n) is 4.20. The first-order chi connectivity index (χ1) is 13.0. The lowest BCUT2D eigenvalue weighted by molar-refractivity contribution is 0.138. The quantitative estimate of drug-likeness (QED) is 0.562. The summed E-state index contributed by atoms with van der Waals surface area (Å²) in [5.74, 6) is 0.906. The van der Waals surface area contributed by atoms with Crippen molar-refractivity contribution in [2.24, 2.45) is 10.7 Å². The molecule has 1 aromatic carbocycles. The van der Waals surface area contributed by atoms with Crippen molar-refractivity contribution in [3.63, 3.8) is 0 Å². The summed E-state index contributed by atoms with van der Waals surface area (Å²) in [6.45, 7) is 3.71. The van der Waals surface area contributed by atoms with E-state index in [1.165, 1.54) is 0 Å². The zero-order chi connectivity index (χ0) is 19.2. The van der Waals surface area contributed by atoms with E-state index in [0.29, 0.717) is 35.0 Å². The maximum absolute atomic E-state index is 6.23. The molecule has 1 saturated heterocycles. The summed E-state index contributed by atoms with van der Waals surface area (Å²) < 4.78 is 11.1. The largest absolute Gasteiger partial charge is 0.472 e. The van der Waals surface area contributed by atoms with Gasteiger partial charge in [0.25, 0.3) is 0 Å². The molecule has 0 spiro atoms. The molecule has 0 bridgehead atoms. The number of halogens is 2. The Bertz CT molecular complexity index is 810. The van der Waals surface area contributed by atoms with Crippen molar-refractivity contribution in [3.05, 3.63) is 57.7 Å². The highest BCUT2D eigenvalue weighted by atomic mass is 35.5. The Kier molecular flexibility index (Phi) is 6.77. The molecule has 3 rings (SSSR count). The first-order valence-electron chi connectivity index (χ1n) is 8.72. The van der Waals surface area contributed by atoms with Gasteiger partial charge in [0.2, 0.25) is 5.88 Å². The van der Waals surface area contributed by atoms with Gasteiger partial charge in [-0.15, -0.1) is 0 Å². The Balaban J connectivity index is 1.58. The lowest BCUT2D eigenvalue weighted by Crippen LogP contribution is -2.34. The van der Waals surface area contributed by atoms with Crippen LogP contribution in [0.5, 0.6) is 5.88 Å². The van der Waals surface area contributed by atoms with E-state index in [2.05, 4.69) is 15.3 Å². The van der Waals surface area contributed by atoms with Crippen molar-refractivity contribution in [2.75, 3.05) is 13.2 Å². The predicted octanol–water partition coefficient (Wildman–Crippen LogP) is 3.72. The van der Waals surface area contributed by atoms with Gasteiger partial charge in [0.05, 0.1) is 25.8 Å². The van der Waals surface area contributed by atoms with Gasteiger partial charge < -0.3 is 20.5 Å². The smallest absolute Gasteiger partial charge is 0.213 e. The lowest BCUT2D eigenvalue weighted by Gasteiger charge is -2.16. The second-order valence-corrected chi connectivity index (χ2v) is 7.18. The van der Waals surface area contributed by atoms with Crippen molar-refractivity contribution < 1.29 is 9.47 Å². The topological polar surface area (TPSA) is 81.8 Å². The number of nitrogens with one attached hydrogen (secondary N) is 1. The van der Waals surface area contributed by atoms with Gasteiger partial charge in [-0.3, -0.25) is 0 Å². The van der Waals surface area contributed by atoms with Gasteiger partial charge in [0.15, 0.2) is 5.96 Å². The van der Waals surface area contributed by atoms with Crippen LogP contribution in [-0.2, 0) is 11.3 Å². The molecule has 1 fully saturated rings. The molecule has 2 heterocycles. The molecule has 2 atom stereocenters. The molecule has 3 N–H and O–H groups in total. The first-order valence-corrected chi connectivity index (χ1v) is 9.47. The standard InChI is InChI=1S/C19H22Cl2N4O2/c1-12(16-3-2-14(20)9-17(16)21)25-19(22)24-10-13-4-6-23-18(8-13)27-15-5-7-26-11-15/h2-4,6,8-9,12,15H,5,7,10-11H2,1H3,(H3,22,24,25). The normalized spacial score (nSPS) is 18.3. The van der Waals surface area contributed by atoms with Crippen LogP contribution in [0, 0.1) is 0 Å². The molecule has 2 aromatic rings. The average molecular weight is 409 g/mol. The van der Waals surface area contributed by atoms with Gasteiger partial charge in [0, 0.05) is 28.7 Å². The third-order valence-corrected chi connectivity index (χ3v) is 4.76. The third kappa shape index (κ3) is 5.73. The molecule has 0 amide bonds. The molecule has 1 aliphatic heterocycles. The number of aromatic nitrogens is 1. The second-order valence-electron chi connectivity index (χ2n) is 6.34. The van der Waals surface area contributed by atoms with E-state index < -0.39 is 0 Å². The van der Waals surface area contributed by atoms with Crippen molar-refractivity contribution in [3.8, 4) is 5.88 Å². The minimum atomic E-state index is -0.0998. The monoisotopic (exact) mass is 408 g/mol. The van der Waals surface area contributed by atoms with Crippen molar-refractivity contribution in [1.29, 1.82) is 0 Å². The van der Waals surface area contributed by atoms with E-state index in [4.69, 9.17) is 38.4 Å². The second kappa shape index (κ2) is 9.26. The molecule has 27 heavy (non-hydrogen) atoms. The van der Waals surface area contributed by atoms with Crippen LogP contribution in [-0.4, -0.2) is 30.3 Å². The number of hydrogen-bond acceptors (Lipinski definition) is 4. The number of pyridine rings is 1. The van der Waals surface area contributed by atoms with Crippen molar-refractivity contribution in [1.82, 2.24) is 10.3 Å². The number of nitrogens with zero attached hydrogens (tertiary/aromatic N) is 2. The van der Waals surface area contributed by atoms with Gasteiger partial charge in [-0.05, 0) is 36.2 Å². The molecule has 144 valence electrons. The van der Waals surface area contributed by atoms with E-state index in [0.717, 1.165) is 24.2 Å². The highest BCUT2D eigenvalue weighted by molar-refractivity contribution is 6.35.